The Labute approximate surface area is 185 Å². The highest BCUT2D eigenvalue weighted by Gasteiger charge is 2.34. The molecule has 2 heterocycles. The lowest BCUT2D eigenvalue weighted by Gasteiger charge is -2.11. The van der Waals surface area contributed by atoms with Gasteiger partial charge in [0.15, 0.2) is 11.6 Å². The molecule has 0 N–H and O–H groups in total. The molecule has 0 fully saturated rings. The molecule has 4 rings (SSSR count). The summed E-state index contributed by atoms with van der Waals surface area (Å²) in [7, 11) is 1.33. The fourth-order valence-electron chi connectivity index (χ4n) is 3.24. The smallest absolute Gasteiger partial charge is 0.433 e. The molecule has 168 valence electrons. The number of Topliss-reactive ketones (excluding diaryl/α,β-unsaturated/α-hetero) is 1. The third kappa shape index (κ3) is 4.83. The van der Waals surface area contributed by atoms with Crippen molar-refractivity contribution in [2.75, 3.05) is 13.7 Å². The van der Waals surface area contributed by atoms with Crippen molar-refractivity contribution in [2.45, 2.75) is 6.18 Å². The summed E-state index contributed by atoms with van der Waals surface area (Å²) in [5, 5.41) is 0. The highest BCUT2D eigenvalue weighted by atomic mass is 19.4. The maximum atomic E-state index is 14.1. The molecule has 0 bridgehead atoms. The molecule has 2 aromatic carbocycles. The van der Waals surface area contributed by atoms with Crippen molar-refractivity contribution in [3.63, 3.8) is 0 Å². The Bertz CT molecular complexity index is 1300. The van der Waals surface area contributed by atoms with Crippen LogP contribution in [0.25, 0.3) is 33.8 Å². The first kappa shape index (κ1) is 22.3. The second kappa shape index (κ2) is 8.95. The topological polar surface area (TPSA) is 65.2 Å². The van der Waals surface area contributed by atoms with Gasteiger partial charge in [-0.3, -0.25) is 4.79 Å². The molecule has 0 radical (unpaired) electrons. The molecule has 0 saturated heterocycles. The van der Waals surface area contributed by atoms with Gasteiger partial charge >= 0.3 is 6.18 Å². The van der Waals surface area contributed by atoms with Gasteiger partial charge in [0.2, 0.25) is 0 Å². The number of carbonyl (C=O) groups is 1. The van der Waals surface area contributed by atoms with Crippen LogP contribution in [0.3, 0.4) is 0 Å². The molecule has 0 saturated carbocycles. The van der Waals surface area contributed by atoms with Crippen molar-refractivity contribution >= 4 is 5.78 Å². The van der Waals surface area contributed by atoms with Gasteiger partial charge in [0.1, 0.15) is 18.1 Å². The second-order valence-corrected chi connectivity index (χ2v) is 7.10. The van der Waals surface area contributed by atoms with Gasteiger partial charge in [-0.15, -0.1) is 0 Å². The van der Waals surface area contributed by atoms with E-state index in [1.807, 2.05) is 0 Å². The van der Waals surface area contributed by atoms with Gasteiger partial charge < -0.3 is 9.15 Å². The normalized spacial score (nSPS) is 11.5. The van der Waals surface area contributed by atoms with Crippen molar-refractivity contribution < 1.29 is 31.5 Å². The van der Waals surface area contributed by atoms with Crippen LogP contribution in [0, 0.1) is 5.82 Å². The first-order chi connectivity index (χ1) is 15.8. The molecular weight excluding hydrogens is 440 g/mol. The summed E-state index contributed by atoms with van der Waals surface area (Å²) in [6, 6.07) is 12.8. The predicted molar refractivity (Wildman–Crippen MR) is 112 cm³/mol. The minimum Gasteiger partial charge on any atom is -0.472 e. The number of furan rings is 1. The zero-order valence-corrected chi connectivity index (χ0v) is 17.2. The number of hydrogen-bond acceptors (Lipinski definition) is 5. The molecule has 33 heavy (non-hydrogen) atoms. The Morgan fingerprint density at radius 1 is 0.970 bits per heavy atom. The number of rotatable bonds is 6. The van der Waals surface area contributed by atoms with Crippen LogP contribution in [0.1, 0.15) is 16.1 Å². The van der Waals surface area contributed by atoms with E-state index < -0.39 is 23.5 Å². The Hall–Kier alpha value is -3.85. The van der Waals surface area contributed by atoms with Crippen LogP contribution in [0.2, 0.25) is 0 Å². The second-order valence-electron chi connectivity index (χ2n) is 7.10. The minimum atomic E-state index is -4.68. The predicted octanol–water partition coefficient (Wildman–Crippen LogP) is 6.06. The molecule has 0 aliphatic carbocycles. The molecule has 2 aromatic heterocycles. The number of benzene rings is 2. The van der Waals surface area contributed by atoms with Crippen molar-refractivity contribution in [3.8, 4) is 33.8 Å². The van der Waals surface area contributed by atoms with E-state index in [2.05, 4.69) is 9.97 Å². The molecular formula is C24H16F4N2O3. The third-order valence-electron chi connectivity index (χ3n) is 4.83. The summed E-state index contributed by atoms with van der Waals surface area (Å²) in [4.78, 5) is 20.1. The van der Waals surface area contributed by atoms with Crippen LogP contribution >= 0.6 is 0 Å². The molecule has 0 unspecified atom stereocenters. The Morgan fingerprint density at radius 3 is 2.42 bits per heavy atom. The Morgan fingerprint density at radius 2 is 1.73 bits per heavy atom. The van der Waals surface area contributed by atoms with E-state index in [-0.39, 0.29) is 23.7 Å². The maximum Gasteiger partial charge on any atom is 0.433 e. The van der Waals surface area contributed by atoms with Crippen LogP contribution in [0.4, 0.5) is 17.6 Å². The quantitative estimate of drug-likeness (QED) is 0.261. The molecule has 0 spiro atoms. The van der Waals surface area contributed by atoms with Crippen molar-refractivity contribution in [1.29, 1.82) is 0 Å². The van der Waals surface area contributed by atoms with Gasteiger partial charge in [-0.25, -0.2) is 14.4 Å². The van der Waals surface area contributed by atoms with E-state index in [0.717, 1.165) is 12.1 Å². The minimum absolute atomic E-state index is 0.0562. The zero-order chi connectivity index (χ0) is 23.6. The van der Waals surface area contributed by atoms with E-state index in [1.165, 1.54) is 37.8 Å². The Kier molecular flexibility index (Phi) is 6.06. The standard InChI is InChI=1S/C24H16F4N2O3/c1-32-13-21(31)18-10-15(5-6-19(18)25)14-3-2-4-16(9-14)23-29-20(17-7-8-33-12-17)11-22(30-23)24(26,27)28/h2-12H,13H2,1H3. The maximum absolute atomic E-state index is 14.1. The van der Waals surface area contributed by atoms with E-state index in [4.69, 9.17) is 9.15 Å². The summed E-state index contributed by atoms with van der Waals surface area (Å²) in [5.41, 5.74) is 0.559. The number of ketones is 1. The number of carbonyl (C=O) groups excluding carboxylic acids is 1. The lowest BCUT2D eigenvalue weighted by molar-refractivity contribution is -0.141. The largest absolute Gasteiger partial charge is 0.472 e. The summed E-state index contributed by atoms with van der Waals surface area (Å²) >= 11 is 0. The number of methoxy groups -OCH3 is 1. The van der Waals surface area contributed by atoms with E-state index in [0.29, 0.717) is 22.3 Å². The average molecular weight is 456 g/mol. The number of nitrogens with zero attached hydrogens (tertiary/aromatic N) is 2. The summed E-state index contributed by atoms with van der Waals surface area (Å²) in [6.07, 6.45) is -2.05. The molecule has 0 aliphatic rings. The van der Waals surface area contributed by atoms with Gasteiger partial charge in [-0.1, -0.05) is 24.3 Å². The molecule has 5 nitrogen and oxygen atoms in total. The lowest BCUT2D eigenvalue weighted by Crippen LogP contribution is -2.10. The molecule has 0 atom stereocenters. The number of hydrogen-bond donors (Lipinski definition) is 0. The third-order valence-corrected chi connectivity index (χ3v) is 4.83. The van der Waals surface area contributed by atoms with Gasteiger partial charge in [0.25, 0.3) is 0 Å². The van der Waals surface area contributed by atoms with Gasteiger partial charge in [-0.05, 0) is 41.5 Å². The zero-order valence-electron chi connectivity index (χ0n) is 17.2. The van der Waals surface area contributed by atoms with Gasteiger partial charge in [-0.2, -0.15) is 13.2 Å². The van der Waals surface area contributed by atoms with Crippen molar-refractivity contribution in [1.82, 2.24) is 9.97 Å². The Balaban J connectivity index is 1.80. The number of ether oxygens (including phenoxy) is 1. The highest BCUT2D eigenvalue weighted by molar-refractivity contribution is 5.98. The fraction of sp³-hybridized carbons (Fsp3) is 0.125. The highest BCUT2D eigenvalue weighted by Crippen LogP contribution is 2.33. The van der Waals surface area contributed by atoms with Crippen LogP contribution in [0.15, 0.2) is 71.5 Å². The van der Waals surface area contributed by atoms with E-state index >= 15 is 0 Å². The first-order valence-corrected chi connectivity index (χ1v) is 9.67. The lowest BCUT2D eigenvalue weighted by atomic mass is 9.99. The SMILES string of the molecule is COCC(=O)c1cc(-c2cccc(-c3nc(-c4ccoc4)cc(C(F)(F)F)n3)c2)ccc1F. The van der Waals surface area contributed by atoms with Gasteiger partial charge in [0, 0.05) is 18.2 Å². The summed E-state index contributed by atoms with van der Waals surface area (Å²) in [5.74, 6) is -1.36. The average Bonchev–Trinajstić information content (AvgIpc) is 3.34. The molecule has 0 amide bonds. The molecule has 0 aliphatic heterocycles. The van der Waals surface area contributed by atoms with Crippen LogP contribution in [0.5, 0.6) is 0 Å². The van der Waals surface area contributed by atoms with E-state index in [1.54, 1.807) is 24.3 Å². The van der Waals surface area contributed by atoms with Crippen LogP contribution in [-0.4, -0.2) is 29.5 Å². The van der Waals surface area contributed by atoms with Crippen LogP contribution < -0.4 is 0 Å². The first-order valence-electron chi connectivity index (χ1n) is 9.67. The summed E-state index contributed by atoms with van der Waals surface area (Å²) in [6.45, 7) is -0.282. The van der Waals surface area contributed by atoms with Crippen LogP contribution in [-0.2, 0) is 10.9 Å². The summed E-state index contributed by atoms with van der Waals surface area (Å²) < 4.78 is 64.3. The number of alkyl halides is 3. The number of halogens is 4. The van der Waals surface area contributed by atoms with E-state index in [9.17, 15) is 22.4 Å². The fourth-order valence-corrected chi connectivity index (χ4v) is 3.24. The monoisotopic (exact) mass is 456 g/mol. The molecule has 4 aromatic rings. The van der Waals surface area contributed by atoms with Gasteiger partial charge in [0.05, 0.1) is 23.8 Å². The molecule has 9 heteroatoms. The van der Waals surface area contributed by atoms with Crippen molar-refractivity contribution in [2.24, 2.45) is 0 Å². The number of aromatic nitrogens is 2. The van der Waals surface area contributed by atoms with Crippen molar-refractivity contribution in [3.05, 3.63) is 84.2 Å².